The molecular formula is C24H29N3O4. The molecule has 1 spiro atoms. The van der Waals surface area contributed by atoms with E-state index in [1.165, 1.54) is 0 Å². The molecule has 3 heterocycles. The SMILES string of the molecule is Cc1ccccc1NC(=O)[C@H]1[C@H]2C(=O)N(C3CC3)[C@H](C(=O)NC(C)(C)C)[C@@]23C=C[C@H]1O3. The van der Waals surface area contributed by atoms with Gasteiger partial charge >= 0.3 is 0 Å². The van der Waals surface area contributed by atoms with Gasteiger partial charge in [-0.3, -0.25) is 14.4 Å². The van der Waals surface area contributed by atoms with Crippen LogP contribution in [0.1, 0.15) is 39.2 Å². The highest BCUT2D eigenvalue weighted by Crippen LogP contribution is 2.57. The van der Waals surface area contributed by atoms with Gasteiger partial charge in [0.25, 0.3) is 0 Å². The van der Waals surface area contributed by atoms with E-state index in [-0.39, 0.29) is 23.8 Å². The normalized spacial score (nSPS) is 33.5. The highest BCUT2D eigenvalue weighted by molar-refractivity contribution is 6.03. The van der Waals surface area contributed by atoms with Gasteiger partial charge < -0.3 is 20.3 Å². The Labute approximate surface area is 182 Å². The van der Waals surface area contributed by atoms with Crippen molar-refractivity contribution in [2.75, 3.05) is 5.32 Å². The maximum atomic E-state index is 13.6. The van der Waals surface area contributed by atoms with E-state index in [1.54, 1.807) is 4.90 Å². The zero-order valence-corrected chi connectivity index (χ0v) is 18.3. The van der Waals surface area contributed by atoms with E-state index in [4.69, 9.17) is 4.74 Å². The van der Waals surface area contributed by atoms with Gasteiger partial charge in [-0.1, -0.05) is 30.4 Å². The van der Waals surface area contributed by atoms with E-state index in [0.717, 1.165) is 24.1 Å². The molecule has 1 saturated carbocycles. The first kappa shape index (κ1) is 20.2. The second-order valence-corrected chi connectivity index (χ2v) is 10.2. The molecule has 4 aliphatic rings. The molecule has 7 nitrogen and oxygen atoms in total. The van der Waals surface area contributed by atoms with E-state index in [9.17, 15) is 14.4 Å². The number of carbonyl (C=O) groups excluding carboxylic acids is 3. The Bertz CT molecular complexity index is 993. The van der Waals surface area contributed by atoms with Crippen LogP contribution in [0, 0.1) is 18.8 Å². The predicted octanol–water partition coefficient (Wildman–Crippen LogP) is 2.16. The van der Waals surface area contributed by atoms with E-state index in [2.05, 4.69) is 10.6 Å². The number of nitrogens with one attached hydrogen (secondary N) is 2. The fraction of sp³-hybridized carbons (Fsp3) is 0.542. The van der Waals surface area contributed by atoms with E-state index in [0.29, 0.717) is 0 Å². The molecular weight excluding hydrogens is 394 g/mol. The third-order valence-electron chi connectivity index (χ3n) is 6.70. The van der Waals surface area contributed by atoms with Crippen molar-refractivity contribution in [3.63, 3.8) is 0 Å². The molecule has 3 fully saturated rings. The summed E-state index contributed by atoms with van der Waals surface area (Å²) in [5, 5.41) is 6.01. The molecule has 3 aliphatic heterocycles. The van der Waals surface area contributed by atoms with Gasteiger partial charge in [0, 0.05) is 17.3 Å². The van der Waals surface area contributed by atoms with Crippen LogP contribution in [-0.2, 0) is 19.1 Å². The summed E-state index contributed by atoms with van der Waals surface area (Å²) >= 11 is 0. The molecule has 7 heteroatoms. The Kier molecular flexibility index (Phi) is 4.35. The van der Waals surface area contributed by atoms with E-state index < -0.39 is 35.1 Å². The minimum Gasteiger partial charge on any atom is -0.359 e. The lowest BCUT2D eigenvalue weighted by molar-refractivity contribution is -0.142. The lowest BCUT2D eigenvalue weighted by Gasteiger charge is -2.34. The summed E-state index contributed by atoms with van der Waals surface area (Å²) in [5.74, 6) is -1.96. The molecule has 1 aromatic carbocycles. The minimum absolute atomic E-state index is 0.0410. The van der Waals surface area contributed by atoms with Crippen molar-refractivity contribution in [2.24, 2.45) is 11.8 Å². The number of hydrogen-bond acceptors (Lipinski definition) is 4. The summed E-state index contributed by atoms with van der Waals surface area (Å²) < 4.78 is 6.32. The van der Waals surface area contributed by atoms with Crippen LogP contribution in [0.15, 0.2) is 36.4 Å². The average molecular weight is 424 g/mol. The first-order chi connectivity index (χ1) is 14.6. The zero-order valence-electron chi connectivity index (χ0n) is 18.3. The molecule has 2 bridgehead atoms. The molecule has 5 rings (SSSR count). The molecule has 31 heavy (non-hydrogen) atoms. The second-order valence-electron chi connectivity index (χ2n) is 10.2. The first-order valence-corrected chi connectivity index (χ1v) is 11.0. The van der Waals surface area contributed by atoms with Gasteiger partial charge in [0.1, 0.15) is 11.6 Å². The van der Waals surface area contributed by atoms with Gasteiger partial charge in [-0.05, 0) is 52.2 Å². The van der Waals surface area contributed by atoms with Gasteiger partial charge in [-0.2, -0.15) is 0 Å². The van der Waals surface area contributed by atoms with Crippen molar-refractivity contribution in [1.82, 2.24) is 10.2 Å². The summed E-state index contributed by atoms with van der Waals surface area (Å²) in [6.07, 6.45) is 4.94. The monoisotopic (exact) mass is 423 g/mol. The number of ether oxygens (including phenoxy) is 1. The molecule has 2 saturated heterocycles. The smallest absolute Gasteiger partial charge is 0.246 e. The lowest BCUT2D eigenvalue weighted by Crippen LogP contribution is -2.58. The topological polar surface area (TPSA) is 87.7 Å². The average Bonchev–Trinajstić information content (AvgIpc) is 3.27. The lowest BCUT2D eigenvalue weighted by atomic mass is 9.74. The molecule has 1 aliphatic carbocycles. The van der Waals surface area contributed by atoms with Crippen LogP contribution in [-0.4, -0.2) is 51.9 Å². The molecule has 0 aromatic heterocycles. The van der Waals surface area contributed by atoms with Crippen molar-refractivity contribution in [1.29, 1.82) is 0 Å². The standard InChI is InChI=1S/C24H29N3O4/c1-13-7-5-6-8-15(13)25-20(28)17-16-11-12-24(31-16)18(17)22(30)27(14-9-10-14)19(24)21(29)26-23(2,3)4/h5-8,11-12,14,16-19H,9-10H2,1-4H3,(H,25,28)(H,26,29)/t16-,17-,18+,19-,24-/m1/s1. The highest BCUT2D eigenvalue weighted by Gasteiger charge is 2.74. The number of hydrogen-bond donors (Lipinski definition) is 2. The van der Waals surface area contributed by atoms with Crippen LogP contribution in [0.5, 0.6) is 0 Å². The Morgan fingerprint density at radius 1 is 1.16 bits per heavy atom. The third kappa shape index (κ3) is 3.09. The van der Waals surface area contributed by atoms with Crippen LogP contribution in [0.2, 0.25) is 0 Å². The summed E-state index contributed by atoms with van der Waals surface area (Å²) in [6, 6.07) is 6.84. The van der Waals surface area contributed by atoms with Gasteiger partial charge in [0.05, 0.1) is 17.9 Å². The summed E-state index contributed by atoms with van der Waals surface area (Å²) in [6.45, 7) is 7.68. The maximum Gasteiger partial charge on any atom is 0.246 e. The summed E-state index contributed by atoms with van der Waals surface area (Å²) in [5.41, 5.74) is 0.143. The predicted molar refractivity (Wildman–Crippen MR) is 115 cm³/mol. The maximum absolute atomic E-state index is 13.6. The Balaban J connectivity index is 1.49. The number of benzene rings is 1. The molecule has 0 unspecified atom stereocenters. The molecule has 5 atom stereocenters. The van der Waals surface area contributed by atoms with Crippen molar-refractivity contribution in [2.45, 2.75) is 69.9 Å². The van der Waals surface area contributed by atoms with Crippen molar-refractivity contribution < 1.29 is 19.1 Å². The number of likely N-dealkylation sites (tertiary alicyclic amines) is 1. The van der Waals surface area contributed by atoms with Gasteiger partial charge in [0.2, 0.25) is 17.7 Å². The fourth-order valence-electron chi connectivity index (χ4n) is 5.32. The summed E-state index contributed by atoms with van der Waals surface area (Å²) in [4.78, 5) is 42.0. The first-order valence-electron chi connectivity index (χ1n) is 11.0. The van der Waals surface area contributed by atoms with Crippen LogP contribution >= 0.6 is 0 Å². The third-order valence-corrected chi connectivity index (χ3v) is 6.70. The van der Waals surface area contributed by atoms with Crippen LogP contribution in [0.3, 0.4) is 0 Å². The Hall–Kier alpha value is -2.67. The van der Waals surface area contributed by atoms with Gasteiger partial charge in [-0.15, -0.1) is 0 Å². The summed E-state index contributed by atoms with van der Waals surface area (Å²) in [7, 11) is 0. The largest absolute Gasteiger partial charge is 0.359 e. The minimum atomic E-state index is -1.09. The fourth-order valence-corrected chi connectivity index (χ4v) is 5.32. The molecule has 0 radical (unpaired) electrons. The molecule has 164 valence electrons. The number of anilines is 1. The number of rotatable bonds is 4. The quantitative estimate of drug-likeness (QED) is 0.727. The number of amides is 3. The van der Waals surface area contributed by atoms with E-state index in [1.807, 2.05) is 64.1 Å². The number of fused-ring (bicyclic) bond motifs is 1. The van der Waals surface area contributed by atoms with Crippen LogP contribution < -0.4 is 10.6 Å². The van der Waals surface area contributed by atoms with Gasteiger partial charge in [0.15, 0.2) is 0 Å². The van der Waals surface area contributed by atoms with Crippen LogP contribution in [0.4, 0.5) is 5.69 Å². The Morgan fingerprint density at radius 3 is 2.52 bits per heavy atom. The Morgan fingerprint density at radius 2 is 1.87 bits per heavy atom. The number of nitrogens with zero attached hydrogens (tertiary/aromatic N) is 1. The molecule has 2 N–H and O–H groups in total. The zero-order chi connectivity index (χ0) is 22.1. The molecule has 3 amide bonds. The second kappa shape index (κ2) is 6.66. The molecule has 1 aromatic rings. The van der Waals surface area contributed by atoms with Crippen molar-refractivity contribution in [3.8, 4) is 0 Å². The highest BCUT2D eigenvalue weighted by atomic mass is 16.5. The van der Waals surface area contributed by atoms with Crippen LogP contribution in [0.25, 0.3) is 0 Å². The number of aryl methyl sites for hydroxylation is 1. The van der Waals surface area contributed by atoms with E-state index >= 15 is 0 Å². The number of para-hydroxylation sites is 1. The number of carbonyl (C=O) groups is 3. The van der Waals surface area contributed by atoms with Gasteiger partial charge in [-0.25, -0.2) is 0 Å². The van der Waals surface area contributed by atoms with Crippen molar-refractivity contribution >= 4 is 23.4 Å². The van der Waals surface area contributed by atoms with Crippen molar-refractivity contribution in [3.05, 3.63) is 42.0 Å².